The third-order valence-corrected chi connectivity index (χ3v) is 7.28. The first kappa shape index (κ1) is 20.3. The van der Waals surface area contributed by atoms with Crippen molar-refractivity contribution in [3.63, 3.8) is 0 Å². The van der Waals surface area contributed by atoms with E-state index in [0.717, 1.165) is 34.9 Å². The molecule has 6 nitrogen and oxygen atoms in total. The molecule has 8 heteroatoms. The molecule has 0 N–H and O–H groups in total. The Balaban J connectivity index is 1.42. The summed E-state index contributed by atoms with van der Waals surface area (Å²) in [6.07, 6.45) is 5.73. The Morgan fingerprint density at radius 2 is 1.97 bits per heavy atom. The Bertz CT molecular complexity index is 1110. The van der Waals surface area contributed by atoms with Gasteiger partial charge in [-0.15, -0.1) is 11.3 Å². The fourth-order valence-corrected chi connectivity index (χ4v) is 5.57. The highest BCUT2D eigenvalue weighted by atomic mass is 32.1. The molecule has 3 heterocycles. The number of aromatic nitrogens is 4. The average molecular weight is 440 g/mol. The fraction of sp³-hybridized carbons (Fsp3) is 0.478. The second kappa shape index (κ2) is 8.15. The van der Waals surface area contributed by atoms with E-state index in [9.17, 15) is 9.18 Å². The van der Waals surface area contributed by atoms with Crippen LogP contribution in [0, 0.1) is 19.7 Å². The molecule has 0 spiro atoms. The number of aryl methyl sites for hydroxylation is 2. The minimum absolute atomic E-state index is 0.0339. The lowest BCUT2D eigenvalue weighted by atomic mass is 9.88. The number of fused-ring (bicyclic) bond motifs is 1. The highest BCUT2D eigenvalue weighted by Crippen LogP contribution is 2.33. The van der Waals surface area contributed by atoms with Crippen molar-refractivity contribution in [3.05, 3.63) is 51.0 Å². The van der Waals surface area contributed by atoms with Crippen LogP contribution in [-0.2, 0) is 24.4 Å². The van der Waals surface area contributed by atoms with Gasteiger partial charge in [-0.2, -0.15) is 5.10 Å². The SMILES string of the molecule is Cc1nc2c(s1)CN(C(=O)Cn1nc(-c3ccc(F)c(C)c3)nc1C1CCCCC1)C2. The summed E-state index contributed by atoms with van der Waals surface area (Å²) in [5, 5.41) is 5.76. The normalized spacial score (nSPS) is 16.7. The molecule has 31 heavy (non-hydrogen) atoms. The average Bonchev–Trinajstić information content (AvgIpc) is 3.43. The largest absolute Gasteiger partial charge is 0.330 e. The molecule has 0 atom stereocenters. The Morgan fingerprint density at radius 3 is 2.71 bits per heavy atom. The fourth-order valence-electron chi connectivity index (χ4n) is 4.61. The summed E-state index contributed by atoms with van der Waals surface area (Å²) < 4.78 is 15.5. The van der Waals surface area contributed by atoms with Crippen molar-refractivity contribution in [3.8, 4) is 11.4 Å². The van der Waals surface area contributed by atoms with Gasteiger partial charge in [-0.3, -0.25) is 4.79 Å². The van der Waals surface area contributed by atoms with Gasteiger partial charge in [-0.05, 0) is 50.5 Å². The van der Waals surface area contributed by atoms with Crippen LogP contribution in [0.1, 0.15) is 65.0 Å². The summed E-state index contributed by atoms with van der Waals surface area (Å²) in [4.78, 5) is 25.5. The molecule has 0 bridgehead atoms. The standard InChI is InChI=1S/C23H26FN5OS/c1-14-10-17(8-9-18(14)24)22-26-23(16-6-4-3-5-7-16)29(27-22)13-21(30)28-11-19-20(12-28)31-15(2)25-19/h8-10,16H,3-7,11-13H2,1-2H3. The zero-order valence-corrected chi connectivity index (χ0v) is 18.7. The van der Waals surface area contributed by atoms with Crippen LogP contribution >= 0.6 is 11.3 Å². The van der Waals surface area contributed by atoms with Crippen LogP contribution < -0.4 is 0 Å². The molecule has 1 fully saturated rings. The summed E-state index contributed by atoms with van der Waals surface area (Å²) in [6.45, 7) is 5.10. The van der Waals surface area contributed by atoms with Gasteiger partial charge in [0.15, 0.2) is 5.82 Å². The van der Waals surface area contributed by atoms with E-state index in [4.69, 9.17) is 10.1 Å². The lowest BCUT2D eigenvalue weighted by Gasteiger charge is -2.22. The number of nitrogens with zero attached hydrogens (tertiary/aromatic N) is 5. The number of carbonyl (C=O) groups excluding carboxylic acids is 1. The lowest BCUT2D eigenvalue weighted by Crippen LogP contribution is -2.30. The lowest BCUT2D eigenvalue weighted by molar-refractivity contribution is -0.132. The van der Waals surface area contributed by atoms with Crippen molar-refractivity contribution in [2.45, 2.75) is 71.5 Å². The van der Waals surface area contributed by atoms with E-state index in [1.807, 2.05) is 11.8 Å². The van der Waals surface area contributed by atoms with Gasteiger partial charge in [0, 0.05) is 16.4 Å². The molecule has 1 aromatic carbocycles. The smallest absolute Gasteiger partial charge is 0.245 e. The van der Waals surface area contributed by atoms with Crippen molar-refractivity contribution in [2.75, 3.05) is 0 Å². The molecule has 2 aromatic heterocycles. The summed E-state index contributed by atoms with van der Waals surface area (Å²) in [5.41, 5.74) is 2.37. The Labute approximate surface area is 185 Å². The highest BCUT2D eigenvalue weighted by Gasteiger charge is 2.29. The quantitative estimate of drug-likeness (QED) is 0.589. The van der Waals surface area contributed by atoms with E-state index in [1.165, 1.54) is 30.2 Å². The van der Waals surface area contributed by atoms with E-state index in [0.29, 0.717) is 30.4 Å². The minimum atomic E-state index is -0.240. The summed E-state index contributed by atoms with van der Waals surface area (Å²) in [5.74, 6) is 1.55. The van der Waals surface area contributed by atoms with E-state index in [1.54, 1.807) is 35.1 Å². The van der Waals surface area contributed by atoms with Crippen molar-refractivity contribution in [1.29, 1.82) is 0 Å². The number of hydrogen-bond acceptors (Lipinski definition) is 5. The zero-order chi connectivity index (χ0) is 21.5. The summed E-state index contributed by atoms with van der Waals surface area (Å²) >= 11 is 1.66. The molecule has 2 aliphatic rings. The van der Waals surface area contributed by atoms with Crippen LogP contribution in [0.4, 0.5) is 4.39 Å². The highest BCUT2D eigenvalue weighted by molar-refractivity contribution is 7.11. The molecule has 162 valence electrons. The van der Waals surface area contributed by atoms with Crippen LogP contribution in [0.25, 0.3) is 11.4 Å². The molecule has 0 radical (unpaired) electrons. The molecule has 5 rings (SSSR count). The molecular weight excluding hydrogens is 413 g/mol. The second-order valence-corrected chi connectivity index (χ2v) is 9.89. The summed E-state index contributed by atoms with van der Waals surface area (Å²) in [7, 11) is 0. The molecule has 1 saturated carbocycles. The number of carbonyl (C=O) groups is 1. The van der Waals surface area contributed by atoms with Crippen molar-refractivity contribution >= 4 is 17.2 Å². The van der Waals surface area contributed by atoms with Gasteiger partial charge in [-0.25, -0.2) is 19.0 Å². The third kappa shape index (κ3) is 4.01. The summed E-state index contributed by atoms with van der Waals surface area (Å²) in [6, 6.07) is 4.93. The van der Waals surface area contributed by atoms with Crippen molar-refractivity contribution in [2.24, 2.45) is 0 Å². The van der Waals surface area contributed by atoms with Crippen LogP contribution in [0.5, 0.6) is 0 Å². The molecule has 0 saturated heterocycles. The Kier molecular flexibility index (Phi) is 5.33. The Morgan fingerprint density at radius 1 is 1.16 bits per heavy atom. The molecule has 1 amide bonds. The van der Waals surface area contributed by atoms with Gasteiger partial charge in [0.25, 0.3) is 0 Å². The topological polar surface area (TPSA) is 63.9 Å². The van der Waals surface area contributed by atoms with Gasteiger partial charge in [0.05, 0.1) is 23.8 Å². The number of benzene rings is 1. The van der Waals surface area contributed by atoms with Crippen molar-refractivity contribution in [1.82, 2.24) is 24.6 Å². The van der Waals surface area contributed by atoms with Crippen LogP contribution in [0.2, 0.25) is 0 Å². The monoisotopic (exact) mass is 439 g/mol. The van der Waals surface area contributed by atoms with Crippen molar-refractivity contribution < 1.29 is 9.18 Å². The first-order valence-electron chi connectivity index (χ1n) is 10.9. The maximum Gasteiger partial charge on any atom is 0.245 e. The zero-order valence-electron chi connectivity index (χ0n) is 17.9. The van der Waals surface area contributed by atoms with Gasteiger partial charge >= 0.3 is 0 Å². The number of amides is 1. The molecular formula is C23H26FN5OS. The van der Waals surface area contributed by atoms with E-state index < -0.39 is 0 Å². The third-order valence-electron chi connectivity index (χ3n) is 6.28. The Hall–Kier alpha value is -2.61. The van der Waals surface area contributed by atoms with Crippen LogP contribution in [0.3, 0.4) is 0 Å². The first-order chi connectivity index (χ1) is 15.0. The second-order valence-electron chi connectivity index (χ2n) is 8.60. The predicted molar refractivity (Wildman–Crippen MR) is 117 cm³/mol. The van der Waals surface area contributed by atoms with Crippen LogP contribution in [0.15, 0.2) is 18.2 Å². The maximum absolute atomic E-state index is 13.7. The molecule has 1 aliphatic carbocycles. The predicted octanol–water partition coefficient (Wildman–Crippen LogP) is 4.75. The maximum atomic E-state index is 13.7. The van der Waals surface area contributed by atoms with Gasteiger partial charge in [-0.1, -0.05) is 19.3 Å². The number of hydrogen-bond donors (Lipinski definition) is 0. The molecule has 1 aliphatic heterocycles. The van der Waals surface area contributed by atoms with E-state index in [-0.39, 0.29) is 18.3 Å². The van der Waals surface area contributed by atoms with Gasteiger partial charge < -0.3 is 4.90 Å². The van der Waals surface area contributed by atoms with E-state index in [2.05, 4.69) is 4.98 Å². The first-order valence-corrected chi connectivity index (χ1v) is 11.7. The van der Waals surface area contributed by atoms with E-state index >= 15 is 0 Å². The van der Waals surface area contributed by atoms with Gasteiger partial charge in [0.1, 0.15) is 18.2 Å². The number of thiazole rings is 1. The van der Waals surface area contributed by atoms with Gasteiger partial charge in [0.2, 0.25) is 5.91 Å². The number of rotatable bonds is 4. The number of halogens is 1. The molecule has 3 aromatic rings. The molecule has 0 unspecified atom stereocenters. The van der Waals surface area contributed by atoms with Crippen LogP contribution in [-0.4, -0.2) is 30.6 Å². The minimum Gasteiger partial charge on any atom is -0.330 e.